The second-order valence-corrected chi connectivity index (χ2v) is 10.6. The molecule has 0 saturated heterocycles. The molecule has 202 valence electrons. The van der Waals surface area contributed by atoms with Crippen LogP contribution >= 0.6 is 11.6 Å². The van der Waals surface area contributed by atoms with Crippen LogP contribution in [0.3, 0.4) is 0 Å². The second kappa shape index (κ2) is 12.9. The molecule has 0 saturated carbocycles. The van der Waals surface area contributed by atoms with Crippen LogP contribution in [0, 0.1) is 12.8 Å². The molecule has 2 N–H and O–H groups in total. The number of benzene rings is 1. The third-order valence-electron chi connectivity index (χ3n) is 6.16. The maximum absolute atomic E-state index is 13.6. The molecule has 2 heterocycles. The first kappa shape index (κ1) is 28.5. The first-order valence-corrected chi connectivity index (χ1v) is 13.2. The summed E-state index contributed by atoms with van der Waals surface area (Å²) in [6, 6.07) is 4.59. The Morgan fingerprint density at radius 1 is 1.22 bits per heavy atom. The summed E-state index contributed by atoms with van der Waals surface area (Å²) in [5.41, 5.74) is 1.33. The van der Waals surface area contributed by atoms with E-state index in [0.29, 0.717) is 65.7 Å². The Hall–Kier alpha value is -3.07. The van der Waals surface area contributed by atoms with Crippen LogP contribution in [0.5, 0.6) is 5.75 Å². The Kier molecular flexibility index (Phi) is 9.97. The topological polar surface area (TPSA) is 114 Å². The molecule has 0 spiro atoms. The van der Waals surface area contributed by atoms with Gasteiger partial charge in [0.1, 0.15) is 23.7 Å². The van der Waals surface area contributed by atoms with Gasteiger partial charge in [0.25, 0.3) is 11.8 Å². The molecule has 0 unspecified atom stereocenters. The number of carbonyl (C=O) groups is 3. The molecular formula is C27H37ClN4O5. The van der Waals surface area contributed by atoms with Crippen molar-refractivity contribution in [3.63, 3.8) is 0 Å². The Labute approximate surface area is 223 Å². The summed E-state index contributed by atoms with van der Waals surface area (Å²) in [5, 5.41) is 10.4. The molecule has 1 aliphatic rings. The van der Waals surface area contributed by atoms with Crippen LogP contribution in [0.15, 0.2) is 22.7 Å². The molecule has 0 radical (unpaired) electrons. The normalized spacial score (nSPS) is 17.9. The van der Waals surface area contributed by atoms with Crippen molar-refractivity contribution in [2.75, 3.05) is 26.2 Å². The lowest BCUT2D eigenvalue weighted by Crippen LogP contribution is -2.47. The van der Waals surface area contributed by atoms with Gasteiger partial charge in [-0.05, 0) is 56.2 Å². The Balaban J connectivity index is 1.87. The Morgan fingerprint density at radius 3 is 2.68 bits per heavy atom. The molecule has 1 atom stereocenters. The number of amides is 3. The first-order chi connectivity index (χ1) is 17.6. The number of rotatable bonds is 4. The van der Waals surface area contributed by atoms with E-state index in [-0.39, 0.29) is 48.8 Å². The summed E-state index contributed by atoms with van der Waals surface area (Å²) in [5.74, 6) is 0.265. The van der Waals surface area contributed by atoms with Gasteiger partial charge in [0.05, 0.1) is 23.8 Å². The average molecular weight is 533 g/mol. The summed E-state index contributed by atoms with van der Waals surface area (Å²) >= 11 is 6.14. The summed E-state index contributed by atoms with van der Waals surface area (Å²) in [4.78, 5) is 41.1. The molecule has 2 aromatic rings. The lowest BCUT2D eigenvalue weighted by Gasteiger charge is -2.25. The van der Waals surface area contributed by atoms with Gasteiger partial charge >= 0.3 is 0 Å². The third kappa shape index (κ3) is 7.71. The van der Waals surface area contributed by atoms with E-state index in [9.17, 15) is 14.4 Å². The van der Waals surface area contributed by atoms with Crippen LogP contribution in [0.4, 0.5) is 0 Å². The van der Waals surface area contributed by atoms with Crippen molar-refractivity contribution >= 4 is 29.3 Å². The number of aromatic nitrogens is 1. The zero-order valence-electron chi connectivity index (χ0n) is 22.2. The van der Waals surface area contributed by atoms with Crippen LogP contribution in [-0.2, 0) is 4.79 Å². The maximum atomic E-state index is 13.6. The zero-order valence-corrected chi connectivity index (χ0v) is 23.0. The highest BCUT2D eigenvalue weighted by Gasteiger charge is 2.28. The van der Waals surface area contributed by atoms with Crippen LogP contribution in [0.25, 0.3) is 0 Å². The molecule has 37 heavy (non-hydrogen) atoms. The molecule has 1 aromatic heterocycles. The van der Waals surface area contributed by atoms with Gasteiger partial charge in [-0.2, -0.15) is 0 Å². The van der Waals surface area contributed by atoms with E-state index in [1.54, 1.807) is 25.1 Å². The molecule has 9 nitrogen and oxygen atoms in total. The van der Waals surface area contributed by atoms with Crippen LogP contribution < -0.4 is 15.4 Å². The SMILES string of the molecule is Cc1onc(C(C)C)c1C(=O)N1CCCCNC(=O)c2cc(Cl)ccc2OC[C@H](CC(C)C)NC(=O)C1. The smallest absolute Gasteiger partial charge is 0.259 e. The predicted molar refractivity (Wildman–Crippen MR) is 141 cm³/mol. The number of ether oxygens (including phenoxy) is 1. The number of fused-ring (bicyclic) bond motifs is 1. The summed E-state index contributed by atoms with van der Waals surface area (Å²) in [6.45, 7) is 10.5. The van der Waals surface area contributed by atoms with Crippen molar-refractivity contribution in [3.8, 4) is 5.75 Å². The third-order valence-corrected chi connectivity index (χ3v) is 6.39. The highest BCUT2D eigenvalue weighted by atomic mass is 35.5. The highest BCUT2D eigenvalue weighted by Crippen LogP contribution is 2.25. The standard InChI is InChI=1S/C27H37ClN4O5/c1-16(2)12-20-15-36-22-9-8-19(28)13-21(22)26(34)29-10-6-7-11-32(14-23(33)30-20)27(35)24-18(5)37-31-25(24)17(3)4/h8-9,13,16-17,20H,6-7,10-12,14-15H2,1-5H3,(H,29,34)(H,30,33)/t20-/m0/s1. The molecule has 1 aliphatic heterocycles. The largest absolute Gasteiger partial charge is 0.491 e. The fourth-order valence-corrected chi connectivity index (χ4v) is 4.53. The van der Waals surface area contributed by atoms with Crippen LogP contribution in [0.2, 0.25) is 5.02 Å². The number of nitrogens with one attached hydrogen (secondary N) is 2. The monoisotopic (exact) mass is 532 g/mol. The molecule has 0 bridgehead atoms. The first-order valence-electron chi connectivity index (χ1n) is 12.8. The van der Waals surface area contributed by atoms with Gasteiger partial charge in [0, 0.05) is 18.1 Å². The lowest BCUT2D eigenvalue weighted by molar-refractivity contribution is -0.122. The van der Waals surface area contributed by atoms with Crippen molar-refractivity contribution in [1.82, 2.24) is 20.7 Å². The van der Waals surface area contributed by atoms with Gasteiger partial charge < -0.3 is 24.8 Å². The number of hydrogen-bond acceptors (Lipinski definition) is 6. The number of hydrogen-bond donors (Lipinski definition) is 2. The zero-order chi connectivity index (χ0) is 27.1. The average Bonchev–Trinajstić information content (AvgIpc) is 3.22. The van der Waals surface area contributed by atoms with E-state index in [1.807, 2.05) is 13.8 Å². The van der Waals surface area contributed by atoms with Crippen molar-refractivity contribution < 1.29 is 23.6 Å². The van der Waals surface area contributed by atoms with Crippen molar-refractivity contribution in [2.45, 2.75) is 65.8 Å². The summed E-state index contributed by atoms with van der Waals surface area (Å²) < 4.78 is 11.3. The quantitative estimate of drug-likeness (QED) is 0.605. The van der Waals surface area contributed by atoms with Gasteiger partial charge in [-0.3, -0.25) is 14.4 Å². The van der Waals surface area contributed by atoms with E-state index in [2.05, 4.69) is 29.6 Å². The minimum absolute atomic E-state index is 0.00777. The maximum Gasteiger partial charge on any atom is 0.259 e. The van der Waals surface area contributed by atoms with E-state index >= 15 is 0 Å². The molecular weight excluding hydrogens is 496 g/mol. The fourth-order valence-electron chi connectivity index (χ4n) is 4.36. The molecule has 0 aliphatic carbocycles. The molecule has 3 rings (SSSR count). The van der Waals surface area contributed by atoms with Crippen LogP contribution in [-0.4, -0.2) is 60.1 Å². The fraction of sp³-hybridized carbons (Fsp3) is 0.556. The van der Waals surface area contributed by atoms with E-state index in [0.717, 1.165) is 0 Å². The van der Waals surface area contributed by atoms with Gasteiger partial charge in [-0.15, -0.1) is 0 Å². The predicted octanol–water partition coefficient (Wildman–Crippen LogP) is 4.34. The Morgan fingerprint density at radius 2 is 1.97 bits per heavy atom. The van der Waals surface area contributed by atoms with Crippen LogP contribution in [0.1, 0.15) is 85.0 Å². The van der Waals surface area contributed by atoms with Crippen molar-refractivity contribution in [2.24, 2.45) is 5.92 Å². The van der Waals surface area contributed by atoms with Gasteiger partial charge in [0.2, 0.25) is 5.91 Å². The highest BCUT2D eigenvalue weighted by molar-refractivity contribution is 6.31. The van der Waals surface area contributed by atoms with Crippen molar-refractivity contribution in [3.05, 3.63) is 45.8 Å². The summed E-state index contributed by atoms with van der Waals surface area (Å²) in [6.07, 6.45) is 1.87. The molecule has 3 amide bonds. The second-order valence-electron chi connectivity index (χ2n) is 10.2. The molecule has 0 fully saturated rings. The van der Waals surface area contributed by atoms with E-state index in [1.165, 1.54) is 4.90 Å². The van der Waals surface area contributed by atoms with Crippen molar-refractivity contribution in [1.29, 1.82) is 0 Å². The molecule has 10 heteroatoms. The Bertz CT molecular complexity index is 1110. The lowest BCUT2D eigenvalue weighted by atomic mass is 10.0. The van der Waals surface area contributed by atoms with Gasteiger partial charge in [-0.1, -0.05) is 44.5 Å². The number of halogens is 1. The molecule has 1 aromatic carbocycles. The number of aryl methyl sites for hydroxylation is 1. The summed E-state index contributed by atoms with van der Waals surface area (Å²) in [7, 11) is 0. The van der Waals surface area contributed by atoms with E-state index < -0.39 is 0 Å². The van der Waals surface area contributed by atoms with Gasteiger partial charge in [0.15, 0.2) is 0 Å². The van der Waals surface area contributed by atoms with E-state index in [4.69, 9.17) is 20.9 Å². The number of carbonyl (C=O) groups excluding carboxylic acids is 3. The van der Waals surface area contributed by atoms with Gasteiger partial charge in [-0.25, -0.2) is 0 Å². The minimum atomic E-state index is -0.315. The minimum Gasteiger partial charge on any atom is -0.491 e. The number of nitrogens with zero attached hydrogens (tertiary/aromatic N) is 2.